The minimum Gasteiger partial charge on any atom is -0.379 e. The highest BCUT2D eigenvalue weighted by atomic mass is 19.1. The third-order valence-electron chi connectivity index (χ3n) is 7.80. The fourth-order valence-corrected chi connectivity index (χ4v) is 5.68. The topological polar surface area (TPSA) is 33.5 Å². The Hall–Kier alpha value is -3.22. The van der Waals surface area contributed by atoms with Crippen LogP contribution in [0.15, 0.2) is 54.6 Å². The number of ether oxygens (including phenoxy) is 1. The van der Waals surface area contributed by atoms with Gasteiger partial charge in [0.2, 0.25) is 0 Å². The Balaban J connectivity index is 1.47. The molecule has 0 spiro atoms. The Morgan fingerprint density at radius 1 is 0.917 bits per heavy atom. The van der Waals surface area contributed by atoms with Gasteiger partial charge in [0.1, 0.15) is 5.82 Å². The van der Waals surface area contributed by atoms with Crippen LogP contribution < -0.4 is 4.90 Å². The molecule has 0 atom stereocenters. The number of fused-ring (bicyclic) bond motifs is 2. The van der Waals surface area contributed by atoms with E-state index in [9.17, 15) is 4.39 Å². The van der Waals surface area contributed by atoms with E-state index < -0.39 is 0 Å². The Kier molecular flexibility index (Phi) is 6.23. The van der Waals surface area contributed by atoms with Crippen LogP contribution in [0.3, 0.4) is 0 Å². The molecule has 0 bridgehead atoms. The average Bonchev–Trinajstić information content (AvgIpc) is 3.13. The molecule has 0 amide bonds. The van der Waals surface area contributed by atoms with Crippen molar-refractivity contribution in [3.05, 3.63) is 94.1 Å². The molecule has 2 aliphatic heterocycles. The number of rotatable bonds is 5. The number of benzene rings is 2. The number of aryl methyl sites for hydroxylation is 1. The number of pyridine rings is 1. The molecular formula is C30H33FN4O. The molecule has 2 aromatic heterocycles. The molecule has 4 aromatic rings. The van der Waals surface area contributed by atoms with Crippen LogP contribution >= 0.6 is 0 Å². The van der Waals surface area contributed by atoms with Gasteiger partial charge < -0.3 is 14.2 Å². The highest BCUT2D eigenvalue weighted by Gasteiger charge is 2.25. The fraction of sp³-hybridized carbons (Fsp3) is 0.367. The summed E-state index contributed by atoms with van der Waals surface area (Å²) in [6.07, 6.45) is 1.01. The van der Waals surface area contributed by atoms with Crippen molar-refractivity contribution >= 4 is 16.7 Å². The quantitative estimate of drug-likeness (QED) is 0.388. The molecule has 0 unspecified atom stereocenters. The van der Waals surface area contributed by atoms with Gasteiger partial charge in [-0.25, -0.2) is 9.37 Å². The number of hydrogen-bond donors (Lipinski definition) is 0. The number of nitrogens with zero attached hydrogens (tertiary/aromatic N) is 4. The van der Waals surface area contributed by atoms with Crippen LogP contribution in [0.5, 0.6) is 0 Å². The monoisotopic (exact) mass is 484 g/mol. The molecule has 6 heteroatoms. The Morgan fingerprint density at radius 2 is 1.72 bits per heavy atom. The number of aromatic nitrogens is 2. The van der Waals surface area contributed by atoms with E-state index in [2.05, 4.69) is 58.5 Å². The first-order valence-electron chi connectivity index (χ1n) is 12.9. The molecular weight excluding hydrogens is 451 g/mol. The van der Waals surface area contributed by atoms with E-state index in [-0.39, 0.29) is 5.82 Å². The second-order valence-corrected chi connectivity index (χ2v) is 10.1. The molecule has 186 valence electrons. The molecule has 2 aliphatic rings. The lowest BCUT2D eigenvalue weighted by Crippen LogP contribution is -2.36. The van der Waals surface area contributed by atoms with Crippen LogP contribution in [-0.2, 0) is 30.8 Å². The van der Waals surface area contributed by atoms with Crippen LogP contribution in [0, 0.1) is 19.7 Å². The summed E-state index contributed by atoms with van der Waals surface area (Å²) in [5.74, 6) is 0.843. The SMILES string of the molecule is Cc1c(C)n(Cc2cccc(F)c2)c2c(N3CCc4ccccc4C3)nc(CN3CCOCC3)cc12. The average molecular weight is 485 g/mol. The maximum absolute atomic E-state index is 14.0. The molecule has 0 aliphatic carbocycles. The summed E-state index contributed by atoms with van der Waals surface area (Å²) in [6.45, 7) is 11.0. The molecule has 0 N–H and O–H groups in total. The summed E-state index contributed by atoms with van der Waals surface area (Å²) in [7, 11) is 0. The zero-order chi connectivity index (χ0) is 24.6. The van der Waals surface area contributed by atoms with Gasteiger partial charge in [-0.1, -0.05) is 36.4 Å². The first kappa shape index (κ1) is 23.2. The van der Waals surface area contributed by atoms with Crippen molar-refractivity contribution in [2.45, 2.75) is 39.9 Å². The van der Waals surface area contributed by atoms with E-state index in [0.29, 0.717) is 6.54 Å². The van der Waals surface area contributed by atoms with Gasteiger partial charge in [0, 0.05) is 50.3 Å². The number of anilines is 1. The lowest BCUT2D eigenvalue weighted by Gasteiger charge is -2.32. The number of hydrogen-bond acceptors (Lipinski definition) is 4. The number of halogens is 1. The van der Waals surface area contributed by atoms with Crippen molar-refractivity contribution in [1.29, 1.82) is 0 Å². The van der Waals surface area contributed by atoms with Crippen LogP contribution in [-0.4, -0.2) is 47.3 Å². The van der Waals surface area contributed by atoms with E-state index in [4.69, 9.17) is 9.72 Å². The normalized spacial score (nSPS) is 16.5. The minimum atomic E-state index is -0.197. The zero-order valence-corrected chi connectivity index (χ0v) is 21.1. The van der Waals surface area contributed by atoms with Gasteiger partial charge in [0.05, 0.1) is 24.4 Å². The standard InChI is InChI=1S/C30H33FN4O/c1-21-22(2)35(18-23-6-5-9-26(31)16-23)29-28(21)17-27(20-33-12-14-36-15-13-33)32-30(29)34-11-10-24-7-3-4-8-25(24)19-34/h3-9,16-17H,10-15,18-20H2,1-2H3. The van der Waals surface area contributed by atoms with Crippen molar-refractivity contribution in [1.82, 2.24) is 14.5 Å². The predicted molar refractivity (Wildman–Crippen MR) is 142 cm³/mol. The van der Waals surface area contributed by atoms with Crippen molar-refractivity contribution < 1.29 is 9.13 Å². The molecule has 0 saturated carbocycles. The van der Waals surface area contributed by atoms with Gasteiger partial charge in [0.25, 0.3) is 0 Å². The fourth-order valence-electron chi connectivity index (χ4n) is 5.68. The van der Waals surface area contributed by atoms with E-state index >= 15 is 0 Å². The van der Waals surface area contributed by atoms with Gasteiger partial charge in [-0.3, -0.25) is 4.90 Å². The van der Waals surface area contributed by atoms with Crippen molar-refractivity contribution in [2.75, 3.05) is 37.7 Å². The van der Waals surface area contributed by atoms with Gasteiger partial charge in [-0.05, 0) is 60.7 Å². The lowest BCUT2D eigenvalue weighted by molar-refractivity contribution is 0.0337. The van der Waals surface area contributed by atoms with E-state index in [1.165, 1.54) is 33.8 Å². The summed E-state index contributed by atoms with van der Waals surface area (Å²) >= 11 is 0. The van der Waals surface area contributed by atoms with Crippen LogP contribution in [0.1, 0.15) is 33.6 Å². The Morgan fingerprint density at radius 3 is 2.53 bits per heavy atom. The first-order valence-corrected chi connectivity index (χ1v) is 12.9. The maximum atomic E-state index is 14.0. The van der Waals surface area contributed by atoms with E-state index in [1.54, 1.807) is 12.1 Å². The highest BCUT2D eigenvalue weighted by Crippen LogP contribution is 2.35. The highest BCUT2D eigenvalue weighted by molar-refractivity contribution is 5.94. The second-order valence-electron chi connectivity index (χ2n) is 10.1. The van der Waals surface area contributed by atoms with Gasteiger partial charge >= 0.3 is 0 Å². The molecule has 1 saturated heterocycles. The molecule has 36 heavy (non-hydrogen) atoms. The molecule has 6 rings (SSSR count). The van der Waals surface area contributed by atoms with Crippen LogP contribution in [0.2, 0.25) is 0 Å². The second kappa shape index (κ2) is 9.68. The van der Waals surface area contributed by atoms with Crippen molar-refractivity contribution in [2.24, 2.45) is 0 Å². The largest absolute Gasteiger partial charge is 0.379 e. The smallest absolute Gasteiger partial charge is 0.153 e. The van der Waals surface area contributed by atoms with Crippen molar-refractivity contribution in [3.8, 4) is 0 Å². The minimum absolute atomic E-state index is 0.197. The predicted octanol–water partition coefficient (Wildman–Crippen LogP) is 5.24. The summed E-state index contributed by atoms with van der Waals surface area (Å²) in [4.78, 5) is 10.2. The maximum Gasteiger partial charge on any atom is 0.153 e. The third kappa shape index (κ3) is 4.40. The molecule has 4 heterocycles. The summed E-state index contributed by atoms with van der Waals surface area (Å²) < 4.78 is 21.9. The Bertz CT molecular complexity index is 1410. The van der Waals surface area contributed by atoms with Crippen molar-refractivity contribution in [3.63, 3.8) is 0 Å². The first-order chi connectivity index (χ1) is 17.6. The van der Waals surface area contributed by atoms with Crippen LogP contribution in [0.4, 0.5) is 10.2 Å². The molecule has 0 radical (unpaired) electrons. The molecule has 5 nitrogen and oxygen atoms in total. The van der Waals surface area contributed by atoms with Crippen LogP contribution in [0.25, 0.3) is 10.9 Å². The Labute approximate surface area is 212 Å². The number of morpholine rings is 1. The molecule has 1 fully saturated rings. The van der Waals surface area contributed by atoms with Gasteiger partial charge in [-0.15, -0.1) is 0 Å². The summed E-state index contributed by atoms with van der Waals surface area (Å²) in [5, 5.41) is 1.25. The lowest BCUT2D eigenvalue weighted by atomic mass is 10.00. The molecule has 2 aromatic carbocycles. The third-order valence-corrected chi connectivity index (χ3v) is 7.80. The van der Waals surface area contributed by atoms with Gasteiger partial charge in [-0.2, -0.15) is 0 Å². The summed E-state index contributed by atoms with van der Waals surface area (Å²) in [5.41, 5.74) is 8.49. The van der Waals surface area contributed by atoms with Gasteiger partial charge in [0.15, 0.2) is 5.82 Å². The summed E-state index contributed by atoms with van der Waals surface area (Å²) in [6, 6.07) is 17.9. The van der Waals surface area contributed by atoms with E-state index in [1.807, 2.05) is 6.07 Å². The zero-order valence-electron chi connectivity index (χ0n) is 21.1. The van der Waals surface area contributed by atoms with E-state index in [0.717, 1.165) is 75.0 Å².